The van der Waals surface area contributed by atoms with Crippen molar-refractivity contribution in [2.24, 2.45) is 11.8 Å². The molecule has 1 N–H and O–H groups in total. The van der Waals surface area contributed by atoms with Crippen LogP contribution in [0.1, 0.15) is 33.1 Å². The minimum atomic E-state index is -0.0355. The highest BCUT2D eigenvalue weighted by Gasteiger charge is 2.28. The van der Waals surface area contributed by atoms with Crippen molar-refractivity contribution in [3.63, 3.8) is 0 Å². The van der Waals surface area contributed by atoms with Crippen LogP contribution in [0.4, 0.5) is 0 Å². The Balaban J connectivity index is 1.82. The van der Waals surface area contributed by atoms with Crippen molar-refractivity contribution in [3.8, 4) is 5.75 Å². The molecule has 0 radical (unpaired) electrons. The summed E-state index contributed by atoms with van der Waals surface area (Å²) in [5.41, 5.74) is 0. The molecule has 20 heavy (non-hydrogen) atoms. The maximum Gasteiger partial charge on any atom is 0.258 e. The fourth-order valence-corrected chi connectivity index (χ4v) is 3.14. The maximum absolute atomic E-state index is 12.0. The van der Waals surface area contributed by atoms with Crippen LogP contribution >= 0.6 is 15.9 Å². The van der Waals surface area contributed by atoms with E-state index in [0.717, 1.165) is 10.9 Å². The normalized spacial score (nSPS) is 26.1. The number of hydrogen-bond donors (Lipinski definition) is 1. The first-order valence-corrected chi connectivity index (χ1v) is 8.04. The van der Waals surface area contributed by atoms with Crippen molar-refractivity contribution in [3.05, 3.63) is 28.7 Å². The Hall–Kier alpha value is -1.03. The van der Waals surface area contributed by atoms with Crippen LogP contribution in [0.5, 0.6) is 5.75 Å². The predicted octanol–water partition coefficient (Wildman–Crippen LogP) is 3.77. The van der Waals surface area contributed by atoms with Gasteiger partial charge in [0.15, 0.2) is 6.61 Å². The summed E-state index contributed by atoms with van der Waals surface area (Å²) in [4.78, 5) is 12.0. The van der Waals surface area contributed by atoms with Gasteiger partial charge in [-0.25, -0.2) is 0 Å². The summed E-state index contributed by atoms with van der Waals surface area (Å²) in [5, 5.41) is 3.11. The fraction of sp³-hybridized carbons (Fsp3) is 0.562. The first-order chi connectivity index (χ1) is 9.58. The third kappa shape index (κ3) is 3.98. The molecule has 1 amide bonds. The van der Waals surface area contributed by atoms with Crippen molar-refractivity contribution in [1.29, 1.82) is 0 Å². The summed E-state index contributed by atoms with van der Waals surface area (Å²) in [6, 6.07) is 7.85. The molecule has 1 saturated carbocycles. The van der Waals surface area contributed by atoms with Gasteiger partial charge in [0.1, 0.15) is 5.75 Å². The van der Waals surface area contributed by atoms with E-state index in [-0.39, 0.29) is 18.6 Å². The molecule has 3 nitrogen and oxygen atoms in total. The number of carbonyl (C=O) groups is 1. The lowest BCUT2D eigenvalue weighted by atomic mass is 9.78. The van der Waals surface area contributed by atoms with Crippen LogP contribution in [0.25, 0.3) is 0 Å². The quantitative estimate of drug-likeness (QED) is 0.906. The fourth-order valence-electron chi connectivity index (χ4n) is 2.74. The van der Waals surface area contributed by atoms with Crippen molar-refractivity contribution >= 4 is 21.8 Å². The molecule has 2 rings (SSSR count). The Labute approximate surface area is 129 Å². The highest BCUT2D eigenvalue weighted by Crippen LogP contribution is 2.29. The number of rotatable bonds is 4. The van der Waals surface area contributed by atoms with Gasteiger partial charge in [0, 0.05) is 6.04 Å². The van der Waals surface area contributed by atoms with Gasteiger partial charge in [-0.2, -0.15) is 0 Å². The van der Waals surface area contributed by atoms with Gasteiger partial charge in [0.2, 0.25) is 0 Å². The molecule has 4 heteroatoms. The van der Waals surface area contributed by atoms with E-state index >= 15 is 0 Å². The van der Waals surface area contributed by atoms with Gasteiger partial charge in [0.05, 0.1) is 4.47 Å². The molecule has 1 aromatic rings. The molecule has 1 aromatic carbocycles. The number of hydrogen-bond acceptors (Lipinski definition) is 2. The average molecular weight is 340 g/mol. The zero-order valence-electron chi connectivity index (χ0n) is 12.1. The van der Waals surface area contributed by atoms with Crippen molar-refractivity contribution in [2.45, 2.75) is 39.2 Å². The van der Waals surface area contributed by atoms with Crippen LogP contribution in [0.3, 0.4) is 0 Å². The standard InChI is InChI=1S/C16H22BrNO2/c1-11-6-5-8-14(12(11)2)18-16(19)10-20-15-9-4-3-7-13(15)17/h3-4,7,9,11-12,14H,5-6,8,10H2,1-2H3,(H,18,19)/t11-,12+,14-/m0/s1. The van der Waals surface area contributed by atoms with E-state index in [1.807, 2.05) is 24.3 Å². The lowest BCUT2D eigenvalue weighted by Crippen LogP contribution is -2.45. The zero-order chi connectivity index (χ0) is 14.5. The summed E-state index contributed by atoms with van der Waals surface area (Å²) in [6.07, 6.45) is 3.54. The molecule has 0 spiro atoms. The lowest BCUT2D eigenvalue weighted by molar-refractivity contribution is -0.124. The number of para-hydroxylation sites is 1. The molecular formula is C16H22BrNO2. The second-order valence-corrected chi connectivity index (χ2v) is 6.51. The van der Waals surface area contributed by atoms with Crippen molar-refractivity contribution < 1.29 is 9.53 Å². The summed E-state index contributed by atoms with van der Waals surface area (Å²) in [7, 11) is 0. The van der Waals surface area contributed by atoms with E-state index in [4.69, 9.17) is 4.74 Å². The van der Waals surface area contributed by atoms with Crippen LogP contribution in [0.2, 0.25) is 0 Å². The number of halogens is 1. The van der Waals surface area contributed by atoms with Crippen molar-refractivity contribution in [2.75, 3.05) is 6.61 Å². The number of amides is 1. The Morgan fingerprint density at radius 3 is 2.85 bits per heavy atom. The van der Waals surface area contributed by atoms with Crippen LogP contribution in [-0.4, -0.2) is 18.6 Å². The molecule has 1 fully saturated rings. The molecule has 0 aromatic heterocycles. The lowest BCUT2D eigenvalue weighted by Gasteiger charge is -2.34. The minimum absolute atomic E-state index is 0.0355. The van der Waals surface area contributed by atoms with Crippen LogP contribution in [-0.2, 0) is 4.79 Å². The predicted molar refractivity (Wildman–Crippen MR) is 83.7 cm³/mol. The third-order valence-corrected chi connectivity index (χ3v) is 4.90. The monoisotopic (exact) mass is 339 g/mol. The van der Waals surface area contributed by atoms with Gasteiger partial charge in [-0.05, 0) is 46.3 Å². The topological polar surface area (TPSA) is 38.3 Å². The van der Waals surface area contributed by atoms with Gasteiger partial charge in [0.25, 0.3) is 5.91 Å². The van der Waals surface area contributed by atoms with Crippen LogP contribution in [0.15, 0.2) is 28.7 Å². The highest BCUT2D eigenvalue weighted by molar-refractivity contribution is 9.10. The van der Waals surface area contributed by atoms with Gasteiger partial charge < -0.3 is 10.1 Å². The van der Waals surface area contributed by atoms with Crippen LogP contribution < -0.4 is 10.1 Å². The number of benzene rings is 1. The molecule has 0 aliphatic heterocycles. The van der Waals surface area contributed by atoms with Gasteiger partial charge in [-0.1, -0.05) is 38.8 Å². The minimum Gasteiger partial charge on any atom is -0.483 e. The molecular weight excluding hydrogens is 318 g/mol. The molecule has 0 unspecified atom stereocenters. The van der Waals surface area contributed by atoms with E-state index in [1.54, 1.807) is 0 Å². The summed E-state index contributed by atoms with van der Waals surface area (Å²) < 4.78 is 6.41. The van der Waals surface area contributed by atoms with E-state index in [0.29, 0.717) is 17.6 Å². The molecule has 1 aliphatic rings. The number of ether oxygens (including phenoxy) is 1. The Morgan fingerprint density at radius 2 is 2.10 bits per heavy atom. The SMILES string of the molecule is C[C@H]1[C@@H](NC(=O)COc2ccccc2Br)CCC[C@@H]1C. The molecule has 0 heterocycles. The van der Waals surface area contributed by atoms with E-state index in [9.17, 15) is 4.79 Å². The van der Waals surface area contributed by atoms with E-state index < -0.39 is 0 Å². The van der Waals surface area contributed by atoms with E-state index in [1.165, 1.54) is 12.8 Å². The summed E-state index contributed by atoms with van der Waals surface area (Å²) in [5.74, 6) is 1.88. The maximum atomic E-state index is 12.0. The smallest absolute Gasteiger partial charge is 0.258 e. The first-order valence-electron chi connectivity index (χ1n) is 7.24. The van der Waals surface area contributed by atoms with E-state index in [2.05, 4.69) is 35.1 Å². The Morgan fingerprint density at radius 1 is 1.35 bits per heavy atom. The van der Waals surface area contributed by atoms with Crippen LogP contribution in [0, 0.1) is 11.8 Å². The molecule has 0 saturated heterocycles. The van der Waals surface area contributed by atoms with Gasteiger partial charge >= 0.3 is 0 Å². The summed E-state index contributed by atoms with van der Waals surface area (Å²) in [6.45, 7) is 4.56. The highest BCUT2D eigenvalue weighted by atomic mass is 79.9. The molecule has 1 aliphatic carbocycles. The number of carbonyl (C=O) groups excluding carboxylic acids is 1. The molecule has 110 valence electrons. The second kappa shape index (κ2) is 7.11. The Bertz CT molecular complexity index is 464. The van der Waals surface area contributed by atoms with Gasteiger partial charge in [-0.3, -0.25) is 4.79 Å². The summed E-state index contributed by atoms with van der Waals surface area (Å²) >= 11 is 3.41. The zero-order valence-corrected chi connectivity index (χ0v) is 13.7. The average Bonchev–Trinajstić information content (AvgIpc) is 2.43. The Kier molecular flexibility index (Phi) is 5.46. The molecule has 0 bridgehead atoms. The van der Waals surface area contributed by atoms with Gasteiger partial charge in [-0.15, -0.1) is 0 Å². The number of nitrogens with one attached hydrogen (secondary N) is 1. The molecule has 3 atom stereocenters. The second-order valence-electron chi connectivity index (χ2n) is 5.66. The third-order valence-electron chi connectivity index (χ3n) is 4.25. The van der Waals surface area contributed by atoms with Crippen molar-refractivity contribution in [1.82, 2.24) is 5.32 Å². The largest absolute Gasteiger partial charge is 0.483 e. The first kappa shape index (κ1) is 15.4.